The Morgan fingerprint density at radius 1 is 0.952 bits per heavy atom. The molecule has 3 heteroatoms. The van der Waals surface area contributed by atoms with Gasteiger partial charge in [-0.3, -0.25) is 0 Å². The third kappa shape index (κ3) is 7.86. The fourth-order valence-electron chi connectivity index (χ4n) is 2.19. The minimum Gasteiger partial charge on any atom is -0.462 e. The molecule has 0 amide bonds. The Morgan fingerprint density at radius 2 is 1.67 bits per heavy atom. The Balaban J connectivity index is 2.27. The van der Waals surface area contributed by atoms with Gasteiger partial charge in [-0.15, -0.1) is 0 Å². The van der Waals surface area contributed by atoms with E-state index in [0.717, 1.165) is 38.5 Å². The average molecular weight is 291 g/mol. The predicted molar refractivity (Wildman–Crippen MR) is 84.0 cm³/mol. The second-order valence-corrected chi connectivity index (χ2v) is 5.41. The Bertz CT molecular complexity index is 384. The van der Waals surface area contributed by atoms with E-state index in [4.69, 9.17) is 4.74 Å². The van der Waals surface area contributed by atoms with Crippen LogP contribution >= 0.6 is 0 Å². The lowest BCUT2D eigenvalue weighted by atomic mass is 10.1. The van der Waals surface area contributed by atoms with Gasteiger partial charge in [-0.2, -0.15) is 0 Å². The van der Waals surface area contributed by atoms with Crippen molar-refractivity contribution in [2.75, 3.05) is 13.2 Å². The van der Waals surface area contributed by atoms with Crippen LogP contribution in [0.15, 0.2) is 24.3 Å². The van der Waals surface area contributed by atoms with Crippen molar-refractivity contribution in [1.29, 1.82) is 0 Å². The standard InChI is InChI=1S/C18H27O3/c1-2-3-4-8-15-21-18(20)17-12-10-16(11-13-17)9-6-5-7-14-19/h10-13H,2-9,14-15H2,1H3. The van der Waals surface area contributed by atoms with E-state index in [0.29, 0.717) is 12.2 Å². The van der Waals surface area contributed by atoms with Crippen molar-refractivity contribution in [3.63, 3.8) is 0 Å². The number of ether oxygens (including phenoxy) is 1. The van der Waals surface area contributed by atoms with Crippen LogP contribution in [-0.4, -0.2) is 19.2 Å². The van der Waals surface area contributed by atoms with Gasteiger partial charge in [0, 0.05) is 0 Å². The molecule has 1 aromatic rings. The summed E-state index contributed by atoms with van der Waals surface area (Å²) in [5.41, 5.74) is 1.83. The maximum Gasteiger partial charge on any atom is 0.338 e. The Kier molecular flexibility index (Phi) is 9.55. The predicted octanol–water partition coefficient (Wildman–Crippen LogP) is 4.57. The molecule has 0 N–H and O–H groups in total. The second kappa shape index (κ2) is 11.3. The molecule has 3 nitrogen and oxygen atoms in total. The van der Waals surface area contributed by atoms with Gasteiger partial charge in [0.05, 0.1) is 18.8 Å². The van der Waals surface area contributed by atoms with Gasteiger partial charge < -0.3 is 4.74 Å². The second-order valence-electron chi connectivity index (χ2n) is 5.41. The Hall–Kier alpha value is -1.35. The lowest BCUT2D eigenvalue weighted by Gasteiger charge is -2.06. The van der Waals surface area contributed by atoms with Crippen LogP contribution < -0.4 is 0 Å². The molecule has 0 aromatic heterocycles. The first-order chi connectivity index (χ1) is 10.3. The monoisotopic (exact) mass is 291 g/mol. The lowest BCUT2D eigenvalue weighted by Crippen LogP contribution is -2.06. The molecule has 0 bridgehead atoms. The van der Waals surface area contributed by atoms with Crippen LogP contribution in [0.1, 0.15) is 67.8 Å². The van der Waals surface area contributed by atoms with E-state index in [1.165, 1.54) is 18.4 Å². The van der Waals surface area contributed by atoms with Crippen molar-refractivity contribution in [1.82, 2.24) is 0 Å². The third-order valence-corrected chi connectivity index (χ3v) is 3.53. The minimum absolute atomic E-state index is 0.0169. The number of hydrogen-bond acceptors (Lipinski definition) is 2. The van der Waals surface area contributed by atoms with Crippen LogP contribution in [0, 0.1) is 0 Å². The smallest absolute Gasteiger partial charge is 0.338 e. The van der Waals surface area contributed by atoms with E-state index in [1.807, 2.05) is 24.3 Å². The van der Waals surface area contributed by atoms with Crippen molar-refractivity contribution in [3.05, 3.63) is 35.4 Å². The van der Waals surface area contributed by atoms with Gasteiger partial charge in [0.2, 0.25) is 0 Å². The molecule has 0 fully saturated rings. The number of carbonyl (C=O) groups is 1. The highest BCUT2D eigenvalue weighted by Gasteiger charge is 2.06. The molecular formula is C18H27O3. The zero-order valence-electron chi connectivity index (χ0n) is 13.1. The van der Waals surface area contributed by atoms with E-state index in [9.17, 15) is 9.90 Å². The SMILES string of the molecule is CCCCCCOC(=O)c1ccc(CCCCC[O])cc1. The third-order valence-electron chi connectivity index (χ3n) is 3.53. The molecular weight excluding hydrogens is 264 g/mol. The summed E-state index contributed by atoms with van der Waals surface area (Å²) >= 11 is 0. The molecule has 0 aliphatic heterocycles. The van der Waals surface area contributed by atoms with Crippen LogP contribution in [0.4, 0.5) is 0 Å². The summed E-state index contributed by atoms with van der Waals surface area (Å²) in [5.74, 6) is -0.232. The summed E-state index contributed by atoms with van der Waals surface area (Å²) in [5, 5.41) is 10.4. The number of unbranched alkanes of at least 4 members (excludes halogenated alkanes) is 5. The molecule has 117 valence electrons. The Labute approximate surface area is 128 Å². The lowest BCUT2D eigenvalue weighted by molar-refractivity contribution is 0.0498. The van der Waals surface area contributed by atoms with Crippen LogP contribution in [0.3, 0.4) is 0 Å². The number of benzene rings is 1. The van der Waals surface area contributed by atoms with E-state index in [-0.39, 0.29) is 12.6 Å². The molecule has 0 aliphatic rings. The first-order valence-electron chi connectivity index (χ1n) is 8.12. The summed E-state index contributed by atoms with van der Waals surface area (Å²) in [7, 11) is 0. The molecule has 1 radical (unpaired) electrons. The maximum atomic E-state index is 11.8. The van der Waals surface area contributed by atoms with Crippen LogP contribution in [0.25, 0.3) is 0 Å². The molecule has 0 unspecified atom stereocenters. The number of esters is 1. The van der Waals surface area contributed by atoms with Crippen molar-refractivity contribution in [3.8, 4) is 0 Å². The fourth-order valence-corrected chi connectivity index (χ4v) is 2.19. The van der Waals surface area contributed by atoms with E-state index >= 15 is 0 Å². The first-order valence-corrected chi connectivity index (χ1v) is 8.12. The van der Waals surface area contributed by atoms with Gasteiger partial charge >= 0.3 is 5.97 Å². The molecule has 0 aliphatic carbocycles. The van der Waals surface area contributed by atoms with Gasteiger partial charge in [0.25, 0.3) is 0 Å². The summed E-state index contributed by atoms with van der Waals surface area (Å²) in [6.07, 6.45) is 8.16. The van der Waals surface area contributed by atoms with Gasteiger partial charge in [-0.1, -0.05) is 44.7 Å². The van der Waals surface area contributed by atoms with E-state index < -0.39 is 0 Å². The molecule has 21 heavy (non-hydrogen) atoms. The van der Waals surface area contributed by atoms with Crippen LogP contribution in [0.5, 0.6) is 0 Å². The molecule has 0 saturated heterocycles. The fraction of sp³-hybridized carbons (Fsp3) is 0.611. The normalized spacial score (nSPS) is 10.6. The van der Waals surface area contributed by atoms with Crippen LogP contribution in [0.2, 0.25) is 0 Å². The topological polar surface area (TPSA) is 46.2 Å². The van der Waals surface area contributed by atoms with Gasteiger partial charge in [-0.25, -0.2) is 9.90 Å². The highest BCUT2D eigenvalue weighted by atomic mass is 16.5. The highest BCUT2D eigenvalue weighted by molar-refractivity contribution is 5.89. The molecule has 0 atom stereocenters. The van der Waals surface area contributed by atoms with E-state index in [1.54, 1.807) is 0 Å². The summed E-state index contributed by atoms with van der Waals surface area (Å²) in [6.45, 7) is 2.69. The molecule has 0 saturated carbocycles. The van der Waals surface area contributed by atoms with Gasteiger partial charge in [0.1, 0.15) is 0 Å². The van der Waals surface area contributed by atoms with Gasteiger partial charge in [-0.05, 0) is 43.4 Å². The highest BCUT2D eigenvalue weighted by Crippen LogP contribution is 2.10. The zero-order valence-corrected chi connectivity index (χ0v) is 13.1. The number of hydrogen-bond donors (Lipinski definition) is 0. The summed E-state index contributed by atoms with van der Waals surface area (Å²) in [6, 6.07) is 7.62. The summed E-state index contributed by atoms with van der Waals surface area (Å²) < 4.78 is 5.25. The van der Waals surface area contributed by atoms with E-state index in [2.05, 4.69) is 6.92 Å². The van der Waals surface area contributed by atoms with Crippen LogP contribution in [-0.2, 0) is 16.3 Å². The van der Waals surface area contributed by atoms with Crippen molar-refractivity contribution < 1.29 is 14.6 Å². The molecule has 1 rings (SSSR count). The number of aryl methyl sites for hydroxylation is 1. The van der Waals surface area contributed by atoms with Gasteiger partial charge in [0.15, 0.2) is 0 Å². The maximum absolute atomic E-state index is 11.8. The Morgan fingerprint density at radius 3 is 2.33 bits per heavy atom. The molecule has 1 aromatic carbocycles. The summed E-state index contributed by atoms with van der Waals surface area (Å²) in [4.78, 5) is 11.8. The molecule has 0 spiro atoms. The van der Waals surface area contributed by atoms with Crippen molar-refractivity contribution >= 4 is 5.97 Å². The number of carbonyl (C=O) groups excluding carboxylic acids is 1. The van der Waals surface area contributed by atoms with Crippen molar-refractivity contribution in [2.45, 2.75) is 58.3 Å². The average Bonchev–Trinajstić information content (AvgIpc) is 2.52. The zero-order chi connectivity index (χ0) is 15.3. The first kappa shape index (κ1) is 17.7. The largest absolute Gasteiger partial charge is 0.462 e. The quantitative estimate of drug-likeness (QED) is 0.443. The van der Waals surface area contributed by atoms with Crippen molar-refractivity contribution in [2.24, 2.45) is 0 Å². The molecule has 0 heterocycles. The minimum atomic E-state index is -0.232. The number of rotatable bonds is 11.